The monoisotopic (exact) mass is 247 g/mol. The molecular formula is C11H9N3O4. The minimum Gasteiger partial charge on any atom is -0.461 e. The number of nitrogens with zero attached hydrogens (tertiary/aromatic N) is 3. The van der Waals surface area contributed by atoms with Gasteiger partial charge in [-0.2, -0.15) is 0 Å². The summed E-state index contributed by atoms with van der Waals surface area (Å²) in [4.78, 5) is 21.6. The van der Waals surface area contributed by atoms with Crippen molar-refractivity contribution in [2.45, 2.75) is 6.92 Å². The van der Waals surface area contributed by atoms with E-state index in [2.05, 4.69) is 10.2 Å². The number of ether oxygens (including phenoxy) is 1. The predicted octanol–water partition coefficient (Wildman–Crippen LogP) is 1.71. The van der Waals surface area contributed by atoms with Crippen LogP contribution in [0.15, 0.2) is 24.3 Å². The number of rotatable bonds is 3. The number of benzene rings is 1. The van der Waals surface area contributed by atoms with Crippen LogP contribution in [0.4, 0.5) is 5.69 Å². The highest BCUT2D eigenvalue weighted by molar-refractivity contribution is 5.92. The van der Waals surface area contributed by atoms with E-state index in [9.17, 15) is 14.9 Å². The second-order valence-corrected chi connectivity index (χ2v) is 3.45. The molecule has 0 aliphatic carbocycles. The molecule has 0 bridgehead atoms. The van der Waals surface area contributed by atoms with E-state index in [1.807, 2.05) is 0 Å². The zero-order chi connectivity index (χ0) is 13.1. The van der Waals surface area contributed by atoms with Gasteiger partial charge >= 0.3 is 5.97 Å². The first-order valence-electron chi connectivity index (χ1n) is 5.21. The van der Waals surface area contributed by atoms with Gasteiger partial charge in [-0.15, -0.1) is 10.2 Å². The normalized spacial score (nSPS) is 10.3. The van der Waals surface area contributed by atoms with Crippen LogP contribution in [-0.4, -0.2) is 27.7 Å². The lowest BCUT2D eigenvalue weighted by atomic mass is 10.2. The number of carbonyl (C=O) groups excluding carboxylic acids is 1. The third kappa shape index (κ3) is 2.24. The Morgan fingerprint density at radius 3 is 2.83 bits per heavy atom. The van der Waals surface area contributed by atoms with Crippen LogP contribution in [0.1, 0.15) is 17.4 Å². The number of nitro benzene ring substituents is 1. The standard InChI is InChI=1S/C11H9N3O4/c1-2-18-11(15)10-6-7-5-8(14(16)17)3-4-9(7)12-13-10/h3-6H,2H2,1H3. The van der Waals surface area contributed by atoms with Crippen molar-refractivity contribution in [3.05, 3.63) is 40.1 Å². The molecule has 0 N–H and O–H groups in total. The van der Waals surface area contributed by atoms with E-state index < -0.39 is 10.9 Å². The van der Waals surface area contributed by atoms with E-state index in [4.69, 9.17) is 4.74 Å². The van der Waals surface area contributed by atoms with Gasteiger partial charge in [-0.1, -0.05) is 0 Å². The summed E-state index contributed by atoms with van der Waals surface area (Å²) < 4.78 is 4.78. The smallest absolute Gasteiger partial charge is 0.358 e. The zero-order valence-electron chi connectivity index (χ0n) is 9.49. The Hall–Kier alpha value is -2.57. The number of hydrogen-bond acceptors (Lipinski definition) is 6. The molecule has 0 spiro atoms. The number of hydrogen-bond donors (Lipinski definition) is 0. The molecule has 7 heteroatoms. The average molecular weight is 247 g/mol. The molecule has 0 aliphatic rings. The van der Waals surface area contributed by atoms with E-state index >= 15 is 0 Å². The van der Waals surface area contributed by atoms with Crippen molar-refractivity contribution in [2.75, 3.05) is 6.61 Å². The maximum absolute atomic E-state index is 11.4. The van der Waals surface area contributed by atoms with Crippen molar-refractivity contribution in [2.24, 2.45) is 0 Å². The maximum atomic E-state index is 11.4. The molecule has 1 aromatic carbocycles. The number of nitro groups is 1. The van der Waals surface area contributed by atoms with Crippen molar-refractivity contribution in [1.82, 2.24) is 10.2 Å². The zero-order valence-corrected chi connectivity index (χ0v) is 9.49. The third-order valence-corrected chi connectivity index (χ3v) is 2.26. The average Bonchev–Trinajstić information content (AvgIpc) is 2.37. The lowest BCUT2D eigenvalue weighted by Gasteiger charge is -2.01. The van der Waals surface area contributed by atoms with E-state index in [1.165, 1.54) is 24.3 Å². The molecular weight excluding hydrogens is 238 g/mol. The molecule has 0 atom stereocenters. The Bertz CT molecular complexity index is 627. The van der Waals surface area contributed by atoms with Crippen LogP contribution in [-0.2, 0) is 4.74 Å². The minimum absolute atomic E-state index is 0.0323. The Labute approximate surface area is 102 Å². The van der Waals surface area contributed by atoms with Crippen LogP contribution in [0.5, 0.6) is 0 Å². The SMILES string of the molecule is CCOC(=O)c1cc2cc([N+](=O)[O-])ccc2nn1. The van der Waals surface area contributed by atoms with Crippen LogP contribution in [0.2, 0.25) is 0 Å². The topological polar surface area (TPSA) is 95.2 Å². The van der Waals surface area contributed by atoms with Crippen LogP contribution in [0, 0.1) is 10.1 Å². The lowest BCUT2D eigenvalue weighted by molar-refractivity contribution is -0.384. The van der Waals surface area contributed by atoms with Gasteiger partial charge in [-0.3, -0.25) is 10.1 Å². The van der Waals surface area contributed by atoms with Gasteiger partial charge in [0.1, 0.15) is 0 Å². The fourth-order valence-corrected chi connectivity index (χ4v) is 1.45. The molecule has 0 amide bonds. The van der Waals surface area contributed by atoms with Gasteiger partial charge < -0.3 is 4.74 Å². The van der Waals surface area contributed by atoms with Crippen LogP contribution in [0.3, 0.4) is 0 Å². The molecule has 0 saturated carbocycles. The van der Waals surface area contributed by atoms with E-state index in [-0.39, 0.29) is 18.0 Å². The van der Waals surface area contributed by atoms with Crippen LogP contribution in [0.25, 0.3) is 10.9 Å². The van der Waals surface area contributed by atoms with Gasteiger partial charge in [0.05, 0.1) is 17.0 Å². The quantitative estimate of drug-likeness (QED) is 0.465. The van der Waals surface area contributed by atoms with Crippen LogP contribution >= 0.6 is 0 Å². The molecule has 0 fully saturated rings. The summed E-state index contributed by atoms with van der Waals surface area (Å²) >= 11 is 0. The molecule has 2 aromatic rings. The van der Waals surface area contributed by atoms with Gasteiger partial charge in [0.25, 0.3) is 5.69 Å². The number of non-ortho nitro benzene ring substituents is 1. The second-order valence-electron chi connectivity index (χ2n) is 3.45. The Balaban J connectivity index is 2.48. The second kappa shape index (κ2) is 4.74. The summed E-state index contributed by atoms with van der Waals surface area (Å²) in [7, 11) is 0. The van der Waals surface area contributed by atoms with Gasteiger partial charge in [0, 0.05) is 17.5 Å². The summed E-state index contributed by atoms with van der Waals surface area (Å²) in [6, 6.07) is 5.58. The summed E-state index contributed by atoms with van der Waals surface area (Å²) in [6.07, 6.45) is 0. The van der Waals surface area contributed by atoms with Crippen molar-refractivity contribution in [3.8, 4) is 0 Å². The summed E-state index contributed by atoms with van der Waals surface area (Å²) in [5, 5.41) is 18.6. The van der Waals surface area contributed by atoms with E-state index in [0.29, 0.717) is 10.9 Å². The minimum atomic E-state index is -0.599. The van der Waals surface area contributed by atoms with Gasteiger partial charge in [0.2, 0.25) is 0 Å². The molecule has 7 nitrogen and oxygen atoms in total. The molecule has 1 heterocycles. The van der Waals surface area contributed by atoms with Gasteiger partial charge in [-0.25, -0.2) is 4.79 Å². The molecule has 0 unspecified atom stereocenters. The number of carbonyl (C=O) groups is 1. The largest absolute Gasteiger partial charge is 0.461 e. The van der Waals surface area contributed by atoms with Crippen molar-refractivity contribution in [1.29, 1.82) is 0 Å². The number of fused-ring (bicyclic) bond motifs is 1. The first-order valence-corrected chi connectivity index (χ1v) is 5.21. The summed E-state index contributed by atoms with van der Waals surface area (Å²) in [6.45, 7) is 1.91. The first kappa shape index (κ1) is 11.9. The third-order valence-electron chi connectivity index (χ3n) is 2.26. The molecule has 1 aromatic heterocycles. The molecule has 18 heavy (non-hydrogen) atoms. The molecule has 2 rings (SSSR count). The summed E-state index contributed by atoms with van der Waals surface area (Å²) in [5.41, 5.74) is 0.448. The van der Waals surface area contributed by atoms with E-state index in [1.54, 1.807) is 6.92 Å². The van der Waals surface area contributed by atoms with Gasteiger partial charge in [-0.05, 0) is 19.1 Å². The van der Waals surface area contributed by atoms with Crippen molar-refractivity contribution < 1.29 is 14.5 Å². The molecule has 92 valence electrons. The molecule has 0 saturated heterocycles. The predicted molar refractivity (Wildman–Crippen MR) is 62.1 cm³/mol. The fourth-order valence-electron chi connectivity index (χ4n) is 1.45. The number of aromatic nitrogens is 2. The highest BCUT2D eigenvalue weighted by Crippen LogP contribution is 2.19. The Morgan fingerprint density at radius 2 is 2.17 bits per heavy atom. The van der Waals surface area contributed by atoms with Crippen molar-refractivity contribution >= 4 is 22.6 Å². The highest BCUT2D eigenvalue weighted by atomic mass is 16.6. The summed E-state index contributed by atoms with van der Waals surface area (Å²) in [5.74, 6) is -0.599. The molecule has 0 radical (unpaired) electrons. The van der Waals surface area contributed by atoms with Crippen molar-refractivity contribution in [3.63, 3.8) is 0 Å². The number of esters is 1. The first-order chi connectivity index (χ1) is 8.61. The lowest BCUT2D eigenvalue weighted by Crippen LogP contribution is -2.08. The highest BCUT2D eigenvalue weighted by Gasteiger charge is 2.12. The maximum Gasteiger partial charge on any atom is 0.358 e. The van der Waals surface area contributed by atoms with Crippen LogP contribution < -0.4 is 0 Å². The van der Waals surface area contributed by atoms with E-state index in [0.717, 1.165) is 0 Å². The Kier molecular flexibility index (Phi) is 3.13. The molecule has 0 aliphatic heterocycles. The fraction of sp³-hybridized carbons (Fsp3) is 0.182. The Morgan fingerprint density at radius 1 is 1.39 bits per heavy atom. The van der Waals surface area contributed by atoms with Gasteiger partial charge in [0.15, 0.2) is 5.69 Å².